The fourth-order valence-corrected chi connectivity index (χ4v) is 1.48. The summed E-state index contributed by atoms with van der Waals surface area (Å²) in [6, 6.07) is 6.01. The van der Waals surface area contributed by atoms with E-state index < -0.39 is 29.6 Å². The van der Waals surface area contributed by atoms with Crippen molar-refractivity contribution in [2.75, 3.05) is 6.61 Å². The van der Waals surface area contributed by atoms with Crippen molar-refractivity contribution in [2.45, 2.75) is 13.0 Å². The van der Waals surface area contributed by atoms with Gasteiger partial charge in [0.25, 0.3) is 5.91 Å². The van der Waals surface area contributed by atoms with E-state index in [0.29, 0.717) is 0 Å². The summed E-state index contributed by atoms with van der Waals surface area (Å²) in [5, 5.41) is 22.6. The third-order valence-corrected chi connectivity index (χ3v) is 2.41. The number of benzene rings is 1. The van der Waals surface area contributed by atoms with Crippen molar-refractivity contribution in [2.24, 2.45) is 5.16 Å². The molecular weight excluding hydrogens is 280 g/mol. The van der Waals surface area contributed by atoms with Gasteiger partial charge < -0.3 is 20.4 Å². The number of nitrogens with zero attached hydrogens (tertiary/aromatic N) is 1. The van der Waals surface area contributed by atoms with Crippen LogP contribution in [0.4, 0.5) is 0 Å². The molecule has 1 aromatic carbocycles. The highest BCUT2D eigenvalue weighted by molar-refractivity contribution is 6.45. The number of amides is 1. The molecule has 0 heterocycles. The molecule has 0 spiro atoms. The van der Waals surface area contributed by atoms with Crippen molar-refractivity contribution >= 4 is 23.6 Å². The third kappa shape index (κ3) is 4.30. The monoisotopic (exact) mass is 294 g/mol. The number of oxime groups is 1. The topological polar surface area (TPSA) is 125 Å². The van der Waals surface area contributed by atoms with Gasteiger partial charge in [0.2, 0.25) is 6.04 Å². The maximum atomic E-state index is 11.9. The van der Waals surface area contributed by atoms with E-state index in [0.717, 1.165) is 0 Å². The van der Waals surface area contributed by atoms with Gasteiger partial charge in [0.05, 0.1) is 6.61 Å². The van der Waals surface area contributed by atoms with Gasteiger partial charge in [-0.2, -0.15) is 0 Å². The molecule has 0 aliphatic carbocycles. The lowest BCUT2D eigenvalue weighted by molar-refractivity contribution is -0.156. The predicted molar refractivity (Wildman–Crippen MR) is 71.0 cm³/mol. The largest absolute Gasteiger partial charge is 0.479 e. The first-order chi connectivity index (χ1) is 10.0. The summed E-state index contributed by atoms with van der Waals surface area (Å²) in [6.45, 7) is 1.47. The van der Waals surface area contributed by atoms with Gasteiger partial charge in [0.15, 0.2) is 5.71 Å². The Kier molecular flexibility index (Phi) is 5.87. The average Bonchev–Trinajstić information content (AvgIpc) is 2.46. The van der Waals surface area contributed by atoms with E-state index in [1.165, 1.54) is 19.1 Å². The number of rotatable bonds is 6. The molecule has 112 valence electrons. The Labute approximate surface area is 120 Å². The van der Waals surface area contributed by atoms with Gasteiger partial charge in [-0.3, -0.25) is 4.79 Å². The van der Waals surface area contributed by atoms with E-state index in [-0.39, 0.29) is 12.2 Å². The van der Waals surface area contributed by atoms with Crippen LogP contribution in [0, 0.1) is 0 Å². The minimum Gasteiger partial charge on any atom is -0.479 e. The van der Waals surface area contributed by atoms with Gasteiger partial charge >= 0.3 is 11.9 Å². The lowest BCUT2D eigenvalue weighted by Gasteiger charge is -2.13. The SMILES string of the molecule is CCOC(=O)C(NC(=O)C(=NO)c1ccccc1)C(=O)O. The van der Waals surface area contributed by atoms with Crippen molar-refractivity contribution in [1.82, 2.24) is 5.32 Å². The Morgan fingerprint density at radius 3 is 2.38 bits per heavy atom. The highest BCUT2D eigenvalue weighted by Gasteiger charge is 2.31. The minimum atomic E-state index is -1.88. The Morgan fingerprint density at radius 2 is 1.90 bits per heavy atom. The first-order valence-electron chi connectivity index (χ1n) is 5.99. The van der Waals surface area contributed by atoms with Crippen molar-refractivity contribution in [3.05, 3.63) is 35.9 Å². The van der Waals surface area contributed by atoms with Crippen LogP contribution < -0.4 is 5.32 Å². The molecule has 0 aliphatic rings. The Balaban J connectivity index is 2.91. The van der Waals surface area contributed by atoms with Gasteiger partial charge in [-0.1, -0.05) is 35.5 Å². The van der Waals surface area contributed by atoms with Crippen LogP contribution in [-0.4, -0.2) is 46.5 Å². The van der Waals surface area contributed by atoms with Gasteiger partial charge in [-0.25, -0.2) is 9.59 Å². The summed E-state index contributed by atoms with van der Waals surface area (Å²) < 4.78 is 4.55. The summed E-state index contributed by atoms with van der Waals surface area (Å²) in [7, 11) is 0. The molecule has 0 bridgehead atoms. The van der Waals surface area contributed by atoms with Crippen LogP contribution in [0.3, 0.4) is 0 Å². The van der Waals surface area contributed by atoms with E-state index >= 15 is 0 Å². The first kappa shape index (κ1) is 16.2. The van der Waals surface area contributed by atoms with Crippen LogP contribution >= 0.6 is 0 Å². The highest BCUT2D eigenvalue weighted by atomic mass is 16.5. The second-order valence-corrected chi connectivity index (χ2v) is 3.81. The molecule has 0 radical (unpaired) electrons. The molecule has 1 aromatic rings. The van der Waals surface area contributed by atoms with Crippen molar-refractivity contribution in [3.8, 4) is 0 Å². The van der Waals surface area contributed by atoms with Crippen molar-refractivity contribution in [3.63, 3.8) is 0 Å². The zero-order valence-corrected chi connectivity index (χ0v) is 11.1. The Morgan fingerprint density at radius 1 is 1.29 bits per heavy atom. The normalized spacial score (nSPS) is 12.3. The number of carbonyl (C=O) groups excluding carboxylic acids is 2. The summed E-state index contributed by atoms with van der Waals surface area (Å²) in [5.74, 6) is -3.69. The van der Waals surface area contributed by atoms with Gasteiger partial charge in [-0.15, -0.1) is 0 Å². The number of hydrogen-bond donors (Lipinski definition) is 3. The van der Waals surface area contributed by atoms with Gasteiger partial charge in [-0.05, 0) is 6.92 Å². The number of carbonyl (C=O) groups is 3. The van der Waals surface area contributed by atoms with Crippen molar-refractivity contribution in [1.29, 1.82) is 0 Å². The third-order valence-electron chi connectivity index (χ3n) is 2.41. The van der Waals surface area contributed by atoms with E-state index in [1.807, 2.05) is 5.32 Å². The molecule has 8 nitrogen and oxygen atoms in total. The molecule has 1 unspecified atom stereocenters. The molecule has 8 heteroatoms. The minimum absolute atomic E-state index is 0.0296. The van der Waals surface area contributed by atoms with Crippen LogP contribution in [0.25, 0.3) is 0 Å². The van der Waals surface area contributed by atoms with Crippen LogP contribution in [0.2, 0.25) is 0 Å². The molecule has 0 fully saturated rings. The molecule has 3 N–H and O–H groups in total. The first-order valence-corrected chi connectivity index (χ1v) is 5.99. The van der Waals surface area contributed by atoms with Crippen LogP contribution in [0.15, 0.2) is 35.5 Å². The summed E-state index contributed by atoms with van der Waals surface area (Å²) in [4.78, 5) is 34.4. The van der Waals surface area contributed by atoms with Crippen molar-refractivity contribution < 1.29 is 29.4 Å². The molecule has 1 amide bonds. The molecule has 1 atom stereocenters. The molecule has 0 saturated heterocycles. The number of carboxylic acid groups (broad SMARTS) is 1. The standard InChI is InChI=1S/C13H14N2O6/c1-2-21-13(19)10(12(17)18)14-11(16)9(15-20)8-6-4-3-5-7-8/h3-7,10,20H,2H2,1H3,(H,14,16)(H,17,18). The average molecular weight is 294 g/mol. The fourth-order valence-electron chi connectivity index (χ4n) is 1.48. The smallest absolute Gasteiger partial charge is 0.340 e. The number of esters is 1. The number of carboxylic acids is 1. The van der Waals surface area contributed by atoms with Crippen LogP contribution in [-0.2, 0) is 19.1 Å². The maximum Gasteiger partial charge on any atom is 0.340 e. The van der Waals surface area contributed by atoms with Crippen LogP contribution in [0.5, 0.6) is 0 Å². The Hall–Kier alpha value is -2.90. The molecule has 21 heavy (non-hydrogen) atoms. The predicted octanol–water partition coefficient (Wildman–Crippen LogP) is -0.00260. The fraction of sp³-hybridized carbons (Fsp3) is 0.231. The summed E-state index contributed by atoms with van der Waals surface area (Å²) >= 11 is 0. The molecule has 1 rings (SSSR count). The maximum absolute atomic E-state index is 11.9. The molecule has 0 aromatic heterocycles. The zero-order valence-electron chi connectivity index (χ0n) is 11.1. The lowest BCUT2D eigenvalue weighted by atomic mass is 10.1. The summed E-state index contributed by atoms with van der Waals surface area (Å²) in [5.41, 5.74) is -0.142. The number of aliphatic carboxylic acids is 1. The molecular formula is C13H14N2O6. The van der Waals surface area contributed by atoms with E-state index in [4.69, 9.17) is 10.3 Å². The zero-order chi connectivity index (χ0) is 15.8. The summed E-state index contributed by atoms with van der Waals surface area (Å²) in [6.07, 6.45) is 0. The van der Waals surface area contributed by atoms with E-state index in [2.05, 4.69) is 9.89 Å². The van der Waals surface area contributed by atoms with Gasteiger partial charge in [0, 0.05) is 5.56 Å². The number of hydrogen-bond acceptors (Lipinski definition) is 6. The quantitative estimate of drug-likeness (QED) is 0.223. The lowest BCUT2D eigenvalue weighted by Crippen LogP contribution is -2.49. The van der Waals surface area contributed by atoms with E-state index in [1.54, 1.807) is 18.2 Å². The number of nitrogens with one attached hydrogen (secondary N) is 1. The van der Waals surface area contributed by atoms with Crippen LogP contribution in [0.1, 0.15) is 12.5 Å². The second kappa shape index (κ2) is 7.63. The Bertz CT molecular complexity index is 555. The van der Waals surface area contributed by atoms with Gasteiger partial charge in [0.1, 0.15) is 0 Å². The highest BCUT2D eigenvalue weighted by Crippen LogP contribution is 2.02. The second-order valence-electron chi connectivity index (χ2n) is 3.81. The van der Waals surface area contributed by atoms with E-state index in [9.17, 15) is 14.4 Å². The molecule has 0 aliphatic heterocycles. The molecule has 0 saturated carbocycles. The number of ether oxygens (including phenoxy) is 1.